The third-order valence-electron chi connectivity index (χ3n) is 4.95. The van der Waals surface area contributed by atoms with Gasteiger partial charge in [-0.25, -0.2) is 0 Å². The lowest BCUT2D eigenvalue weighted by Gasteiger charge is -2.47. The van der Waals surface area contributed by atoms with Crippen LogP contribution in [0.4, 0.5) is 0 Å². The van der Waals surface area contributed by atoms with E-state index in [1.165, 1.54) is 30.4 Å². The van der Waals surface area contributed by atoms with Crippen LogP contribution in [0.3, 0.4) is 0 Å². The SMILES string of the molecule is CC1CN(C2(CN)CCCc3ccccc32)CCCO1. The molecule has 110 valence electrons. The molecular formula is C17H26N2O. The molecule has 3 heteroatoms. The maximum absolute atomic E-state index is 6.30. The van der Waals surface area contributed by atoms with Crippen LogP contribution in [0.5, 0.6) is 0 Å². The van der Waals surface area contributed by atoms with E-state index in [1.807, 2.05) is 0 Å². The Morgan fingerprint density at radius 3 is 3.05 bits per heavy atom. The van der Waals surface area contributed by atoms with Crippen LogP contribution in [-0.4, -0.2) is 37.2 Å². The van der Waals surface area contributed by atoms with E-state index < -0.39 is 0 Å². The Hall–Kier alpha value is -0.900. The van der Waals surface area contributed by atoms with Crippen molar-refractivity contribution in [2.75, 3.05) is 26.2 Å². The van der Waals surface area contributed by atoms with Crippen LogP contribution in [0.25, 0.3) is 0 Å². The molecule has 1 aromatic carbocycles. The van der Waals surface area contributed by atoms with Crippen molar-refractivity contribution in [1.82, 2.24) is 4.90 Å². The van der Waals surface area contributed by atoms with Crippen LogP contribution in [0, 0.1) is 0 Å². The molecule has 0 saturated carbocycles. The lowest BCUT2D eigenvalue weighted by atomic mass is 9.75. The summed E-state index contributed by atoms with van der Waals surface area (Å²) in [6, 6.07) is 8.88. The summed E-state index contributed by atoms with van der Waals surface area (Å²) in [5.74, 6) is 0. The molecular weight excluding hydrogens is 248 g/mol. The van der Waals surface area contributed by atoms with Crippen molar-refractivity contribution >= 4 is 0 Å². The highest BCUT2D eigenvalue weighted by Gasteiger charge is 2.41. The van der Waals surface area contributed by atoms with Gasteiger partial charge in [0, 0.05) is 26.2 Å². The van der Waals surface area contributed by atoms with E-state index in [9.17, 15) is 0 Å². The van der Waals surface area contributed by atoms with Gasteiger partial charge in [-0.2, -0.15) is 0 Å². The Morgan fingerprint density at radius 1 is 1.35 bits per heavy atom. The molecule has 3 rings (SSSR count). The van der Waals surface area contributed by atoms with Crippen LogP contribution in [0.15, 0.2) is 24.3 Å². The highest BCUT2D eigenvalue weighted by atomic mass is 16.5. The highest BCUT2D eigenvalue weighted by molar-refractivity contribution is 5.37. The van der Waals surface area contributed by atoms with Gasteiger partial charge in [-0.3, -0.25) is 4.90 Å². The largest absolute Gasteiger partial charge is 0.377 e. The lowest BCUT2D eigenvalue weighted by molar-refractivity contribution is 0.0288. The average Bonchev–Trinajstić information content (AvgIpc) is 2.71. The van der Waals surface area contributed by atoms with Gasteiger partial charge >= 0.3 is 0 Å². The van der Waals surface area contributed by atoms with Crippen molar-refractivity contribution in [2.45, 2.75) is 44.2 Å². The van der Waals surface area contributed by atoms with Gasteiger partial charge in [0.25, 0.3) is 0 Å². The highest BCUT2D eigenvalue weighted by Crippen LogP contribution is 2.40. The first kappa shape index (κ1) is 14.1. The summed E-state index contributed by atoms with van der Waals surface area (Å²) < 4.78 is 5.82. The lowest BCUT2D eigenvalue weighted by Crippen LogP contribution is -2.54. The maximum atomic E-state index is 6.30. The molecule has 0 aromatic heterocycles. The summed E-state index contributed by atoms with van der Waals surface area (Å²) in [4.78, 5) is 2.60. The fourth-order valence-corrected chi connectivity index (χ4v) is 3.95. The molecule has 1 saturated heterocycles. The van der Waals surface area contributed by atoms with E-state index in [1.54, 1.807) is 0 Å². The number of rotatable bonds is 2. The first-order chi connectivity index (χ1) is 9.76. The fourth-order valence-electron chi connectivity index (χ4n) is 3.95. The molecule has 0 amide bonds. The monoisotopic (exact) mass is 274 g/mol. The molecule has 0 spiro atoms. The number of ether oxygens (including phenoxy) is 1. The minimum Gasteiger partial charge on any atom is -0.377 e. The number of hydrogen-bond donors (Lipinski definition) is 1. The van der Waals surface area contributed by atoms with Gasteiger partial charge in [0.2, 0.25) is 0 Å². The number of aryl methyl sites for hydroxylation is 1. The predicted molar refractivity (Wildman–Crippen MR) is 81.7 cm³/mol. The van der Waals surface area contributed by atoms with Crippen LogP contribution in [0.2, 0.25) is 0 Å². The summed E-state index contributed by atoms with van der Waals surface area (Å²) in [5.41, 5.74) is 9.27. The zero-order chi connectivity index (χ0) is 14.0. The molecule has 2 unspecified atom stereocenters. The van der Waals surface area contributed by atoms with Gasteiger partial charge in [0.1, 0.15) is 0 Å². The summed E-state index contributed by atoms with van der Waals surface area (Å²) in [6.07, 6.45) is 5.01. The quantitative estimate of drug-likeness (QED) is 0.899. The standard InChI is InChI=1S/C17H26N2O/c1-14-12-19(10-5-11-20-14)17(13-18)9-4-7-15-6-2-3-8-16(15)17/h2-3,6,8,14H,4-5,7,9-13,18H2,1H3. The summed E-state index contributed by atoms with van der Waals surface area (Å²) >= 11 is 0. The predicted octanol–water partition coefficient (Wildman–Crippen LogP) is 2.29. The van der Waals surface area contributed by atoms with Crippen molar-refractivity contribution in [1.29, 1.82) is 0 Å². The van der Waals surface area contributed by atoms with Gasteiger partial charge in [-0.1, -0.05) is 24.3 Å². The molecule has 20 heavy (non-hydrogen) atoms. The summed E-state index contributed by atoms with van der Waals surface area (Å²) in [6.45, 7) is 5.84. The first-order valence-electron chi connectivity index (χ1n) is 7.91. The van der Waals surface area contributed by atoms with Crippen molar-refractivity contribution < 1.29 is 4.74 Å². The number of nitrogens with two attached hydrogens (primary N) is 1. The second-order valence-electron chi connectivity index (χ2n) is 6.23. The topological polar surface area (TPSA) is 38.5 Å². The molecule has 2 atom stereocenters. The zero-order valence-electron chi connectivity index (χ0n) is 12.5. The van der Waals surface area contributed by atoms with Crippen LogP contribution in [-0.2, 0) is 16.7 Å². The minimum atomic E-state index is 0.0246. The summed E-state index contributed by atoms with van der Waals surface area (Å²) in [7, 11) is 0. The van der Waals surface area contributed by atoms with Gasteiger partial charge < -0.3 is 10.5 Å². The Kier molecular flexibility index (Phi) is 4.11. The smallest absolute Gasteiger partial charge is 0.0674 e. The van der Waals surface area contributed by atoms with Gasteiger partial charge in [0.05, 0.1) is 11.6 Å². The zero-order valence-corrected chi connectivity index (χ0v) is 12.5. The minimum absolute atomic E-state index is 0.0246. The van der Waals surface area contributed by atoms with E-state index in [-0.39, 0.29) is 5.54 Å². The third-order valence-corrected chi connectivity index (χ3v) is 4.95. The number of nitrogens with zero attached hydrogens (tertiary/aromatic N) is 1. The van der Waals surface area contributed by atoms with E-state index >= 15 is 0 Å². The number of hydrogen-bond acceptors (Lipinski definition) is 3. The molecule has 2 aliphatic rings. The maximum Gasteiger partial charge on any atom is 0.0674 e. The van der Waals surface area contributed by atoms with Crippen LogP contribution in [0.1, 0.15) is 37.3 Å². The molecule has 1 aliphatic heterocycles. The van der Waals surface area contributed by atoms with Gasteiger partial charge in [-0.15, -0.1) is 0 Å². The Labute approximate surface area is 122 Å². The number of fused-ring (bicyclic) bond motifs is 1. The third kappa shape index (κ3) is 2.39. The fraction of sp³-hybridized carbons (Fsp3) is 0.647. The van der Waals surface area contributed by atoms with Gasteiger partial charge in [-0.05, 0) is 43.7 Å². The molecule has 0 radical (unpaired) electrons. The molecule has 0 bridgehead atoms. The molecule has 1 heterocycles. The molecule has 2 N–H and O–H groups in total. The van der Waals surface area contributed by atoms with Crippen LogP contribution >= 0.6 is 0 Å². The van der Waals surface area contributed by atoms with E-state index in [2.05, 4.69) is 36.1 Å². The second-order valence-corrected chi connectivity index (χ2v) is 6.23. The average molecular weight is 274 g/mol. The molecule has 3 nitrogen and oxygen atoms in total. The van der Waals surface area contributed by atoms with Crippen molar-refractivity contribution in [3.8, 4) is 0 Å². The van der Waals surface area contributed by atoms with Crippen molar-refractivity contribution in [2.24, 2.45) is 5.73 Å². The second kappa shape index (κ2) is 5.84. The number of benzene rings is 1. The first-order valence-corrected chi connectivity index (χ1v) is 7.91. The Bertz CT molecular complexity index is 462. The Balaban J connectivity index is 1.99. The van der Waals surface area contributed by atoms with E-state index in [0.717, 1.165) is 26.1 Å². The summed E-state index contributed by atoms with van der Waals surface area (Å²) in [5, 5.41) is 0. The molecule has 1 aliphatic carbocycles. The molecule has 1 aromatic rings. The van der Waals surface area contributed by atoms with E-state index in [0.29, 0.717) is 12.6 Å². The molecule has 1 fully saturated rings. The van der Waals surface area contributed by atoms with E-state index in [4.69, 9.17) is 10.5 Å². The van der Waals surface area contributed by atoms with Crippen molar-refractivity contribution in [3.63, 3.8) is 0 Å². The van der Waals surface area contributed by atoms with Crippen molar-refractivity contribution in [3.05, 3.63) is 35.4 Å². The normalized spacial score (nSPS) is 31.6. The van der Waals surface area contributed by atoms with Crippen LogP contribution < -0.4 is 5.73 Å². The van der Waals surface area contributed by atoms with Gasteiger partial charge in [0.15, 0.2) is 0 Å². The Morgan fingerprint density at radius 2 is 2.20 bits per heavy atom.